The van der Waals surface area contributed by atoms with Crippen LogP contribution in [0.15, 0.2) is 18.2 Å². The SMILES string of the molecule is COC(=O)c1ccc(NC(=O)N[C@H]2CCC(=O)N(C)C2)cc1Cl. The number of urea groups is 1. The van der Waals surface area contributed by atoms with Crippen LogP contribution >= 0.6 is 11.6 Å². The van der Waals surface area contributed by atoms with Gasteiger partial charge in [-0.25, -0.2) is 9.59 Å². The molecular formula is C15H18ClN3O4. The maximum atomic E-state index is 12.0. The molecule has 2 rings (SSSR count). The lowest BCUT2D eigenvalue weighted by atomic mass is 10.1. The van der Waals surface area contributed by atoms with Crippen molar-refractivity contribution in [3.8, 4) is 0 Å². The number of hydrogen-bond donors (Lipinski definition) is 2. The summed E-state index contributed by atoms with van der Waals surface area (Å²) in [6, 6.07) is 4.04. The molecule has 124 valence electrons. The minimum atomic E-state index is -0.541. The molecule has 1 aromatic carbocycles. The van der Waals surface area contributed by atoms with E-state index in [1.807, 2.05) is 0 Å². The normalized spacial score (nSPS) is 17.6. The number of amides is 3. The summed E-state index contributed by atoms with van der Waals surface area (Å²) in [4.78, 5) is 36.4. The number of anilines is 1. The molecule has 1 heterocycles. The molecule has 1 aliphatic heterocycles. The van der Waals surface area contributed by atoms with E-state index in [4.69, 9.17) is 11.6 Å². The van der Waals surface area contributed by atoms with Crippen LogP contribution in [0.4, 0.5) is 10.5 Å². The second-order valence-corrected chi connectivity index (χ2v) is 5.70. The molecule has 8 heteroatoms. The smallest absolute Gasteiger partial charge is 0.339 e. The molecule has 0 radical (unpaired) electrons. The van der Waals surface area contributed by atoms with E-state index >= 15 is 0 Å². The Morgan fingerprint density at radius 1 is 1.39 bits per heavy atom. The Balaban J connectivity index is 1.94. The molecule has 1 atom stereocenters. The molecule has 1 aliphatic rings. The summed E-state index contributed by atoms with van der Waals surface area (Å²) >= 11 is 6.00. The predicted octanol–water partition coefficient (Wildman–Crippen LogP) is 1.87. The molecular weight excluding hydrogens is 322 g/mol. The lowest BCUT2D eigenvalue weighted by Crippen LogP contribution is -2.49. The lowest BCUT2D eigenvalue weighted by Gasteiger charge is -2.30. The number of piperidine rings is 1. The maximum Gasteiger partial charge on any atom is 0.339 e. The van der Waals surface area contributed by atoms with E-state index in [1.54, 1.807) is 18.0 Å². The Hall–Kier alpha value is -2.28. The summed E-state index contributed by atoms with van der Waals surface area (Å²) in [5.74, 6) is -0.463. The topological polar surface area (TPSA) is 87.7 Å². The first-order valence-corrected chi connectivity index (χ1v) is 7.48. The molecule has 0 spiro atoms. The molecule has 0 aliphatic carbocycles. The fourth-order valence-electron chi connectivity index (χ4n) is 2.35. The quantitative estimate of drug-likeness (QED) is 0.823. The van der Waals surface area contributed by atoms with Crippen molar-refractivity contribution in [1.82, 2.24) is 10.2 Å². The second-order valence-electron chi connectivity index (χ2n) is 5.29. The fraction of sp³-hybridized carbons (Fsp3) is 0.400. The Bertz CT molecular complexity index is 635. The molecule has 0 bridgehead atoms. The summed E-state index contributed by atoms with van der Waals surface area (Å²) in [5.41, 5.74) is 0.688. The van der Waals surface area contributed by atoms with E-state index in [0.717, 1.165) is 0 Å². The zero-order chi connectivity index (χ0) is 17.0. The van der Waals surface area contributed by atoms with Crippen LogP contribution in [0.1, 0.15) is 23.2 Å². The van der Waals surface area contributed by atoms with E-state index in [2.05, 4.69) is 15.4 Å². The van der Waals surface area contributed by atoms with Gasteiger partial charge in [-0.3, -0.25) is 4.79 Å². The van der Waals surface area contributed by atoms with Crippen LogP contribution in [0.2, 0.25) is 5.02 Å². The fourth-order valence-corrected chi connectivity index (χ4v) is 2.61. The van der Waals surface area contributed by atoms with Gasteiger partial charge in [-0.2, -0.15) is 0 Å². The van der Waals surface area contributed by atoms with Crippen LogP contribution in [0.5, 0.6) is 0 Å². The first-order chi connectivity index (χ1) is 10.9. The van der Waals surface area contributed by atoms with Crippen molar-refractivity contribution in [1.29, 1.82) is 0 Å². The van der Waals surface area contributed by atoms with Crippen molar-refractivity contribution in [2.75, 3.05) is 26.0 Å². The molecule has 1 fully saturated rings. The Labute approximate surface area is 138 Å². The van der Waals surface area contributed by atoms with Gasteiger partial charge in [0, 0.05) is 31.7 Å². The minimum absolute atomic E-state index is 0.0774. The Morgan fingerprint density at radius 2 is 2.13 bits per heavy atom. The summed E-state index contributed by atoms with van der Waals surface area (Å²) in [6.45, 7) is 0.480. The number of carbonyl (C=O) groups is 3. The van der Waals surface area contributed by atoms with Gasteiger partial charge in [0.25, 0.3) is 0 Å². The van der Waals surface area contributed by atoms with Gasteiger partial charge in [-0.15, -0.1) is 0 Å². The van der Waals surface area contributed by atoms with Crippen molar-refractivity contribution in [3.05, 3.63) is 28.8 Å². The van der Waals surface area contributed by atoms with Crippen molar-refractivity contribution in [2.45, 2.75) is 18.9 Å². The van der Waals surface area contributed by atoms with Crippen molar-refractivity contribution in [2.24, 2.45) is 0 Å². The van der Waals surface area contributed by atoms with Crippen molar-refractivity contribution in [3.63, 3.8) is 0 Å². The summed E-state index contributed by atoms with van der Waals surface area (Å²) in [7, 11) is 2.98. The van der Waals surface area contributed by atoms with Crippen LogP contribution in [0.25, 0.3) is 0 Å². The van der Waals surface area contributed by atoms with Crippen LogP contribution in [0.3, 0.4) is 0 Å². The largest absolute Gasteiger partial charge is 0.465 e. The van der Waals surface area contributed by atoms with E-state index in [-0.39, 0.29) is 28.6 Å². The Morgan fingerprint density at radius 3 is 2.74 bits per heavy atom. The number of likely N-dealkylation sites (N-methyl/N-ethyl adjacent to an activating group) is 1. The van der Waals surface area contributed by atoms with Crippen LogP contribution in [-0.2, 0) is 9.53 Å². The monoisotopic (exact) mass is 339 g/mol. The van der Waals surface area contributed by atoms with Gasteiger partial charge in [-0.1, -0.05) is 11.6 Å². The third kappa shape index (κ3) is 4.35. The minimum Gasteiger partial charge on any atom is -0.465 e. The Kier molecular flexibility index (Phi) is 5.44. The standard InChI is InChI=1S/C15H18ClN3O4/c1-19-8-10(4-6-13(19)20)18-15(22)17-9-3-5-11(12(16)7-9)14(21)23-2/h3,5,7,10H,4,6,8H2,1-2H3,(H2,17,18,22)/t10-/m0/s1. The van der Waals surface area contributed by atoms with E-state index in [1.165, 1.54) is 19.2 Å². The average molecular weight is 340 g/mol. The average Bonchev–Trinajstić information content (AvgIpc) is 2.50. The van der Waals surface area contributed by atoms with Gasteiger partial charge >= 0.3 is 12.0 Å². The van der Waals surface area contributed by atoms with Gasteiger partial charge in [-0.05, 0) is 24.6 Å². The third-order valence-electron chi connectivity index (χ3n) is 3.59. The molecule has 2 N–H and O–H groups in total. The number of halogens is 1. The molecule has 0 saturated carbocycles. The van der Waals surface area contributed by atoms with E-state index in [0.29, 0.717) is 25.1 Å². The highest BCUT2D eigenvalue weighted by molar-refractivity contribution is 6.33. The zero-order valence-corrected chi connectivity index (χ0v) is 13.6. The number of ether oxygens (including phenoxy) is 1. The highest BCUT2D eigenvalue weighted by Gasteiger charge is 2.24. The first-order valence-electron chi connectivity index (χ1n) is 7.10. The van der Waals surface area contributed by atoms with Gasteiger partial charge in [0.15, 0.2) is 0 Å². The molecule has 0 aromatic heterocycles. The number of methoxy groups -OCH3 is 1. The molecule has 1 aromatic rings. The number of nitrogens with one attached hydrogen (secondary N) is 2. The number of rotatable bonds is 3. The highest BCUT2D eigenvalue weighted by Crippen LogP contribution is 2.21. The van der Waals surface area contributed by atoms with Gasteiger partial charge in [0.1, 0.15) is 0 Å². The number of nitrogens with zero attached hydrogens (tertiary/aromatic N) is 1. The number of carbonyl (C=O) groups excluding carboxylic acids is 3. The number of esters is 1. The van der Waals surface area contributed by atoms with Crippen LogP contribution in [0, 0.1) is 0 Å². The van der Waals surface area contributed by atoms with Crippen LogP contribution < -0.4 is 10.6 Å². The van der Waals surface area contributed by atoms with E-state index in [9.17, 15) is 14.4 Å². The predicted molar refractivity (Wildman–Crippen MR) is 85.6 cm³/mol. The van der Waals surface area contributed by atoms with Crippen molar-refractivity contribution >= 4 is 35.2 Å². The molecule has 7 nitrogen and oxygen atoms in total. The molecule has 1 saturated heterocycles. The summed E-state index contributed by atoms with van der Waals surface area (Å²) in [6.07, 6.45) is 1.03. The van der Waals surface area contributed by atoms with Gasteiger partial charge < -0.3 is 20.3 Å². The van der Waals surface area contributed by atoms with Gasteiger partial charge in [0.05, 0.1) is 17.7 Å². The molecule has 23 heavy (non-hydrogen) atoms. The lowest BCUT2D eigenvalue weighted by molar-refractivity contribution is -0.132. The molecule has 0 unspecified atom stereocenters. The second kappa shape index (κ2) is 7.32. The number of benzene rings is 1. The first kappa shape index (κ1) is 17.1. The number of hydrogen-bond acceptors (Lipinski definition) is 4. The number of likely N-dealkylation sites (tertiary alicyclic amines) is 1. The maximum absolute atomic E-state index is 12.0. The summed E-state index contributed by atoms with van der Waals surface area (Å²) in [5, 5.41) is 5.65. The third-order valence-corrected chi connectivity index (χ3v) is 3.91. The van der Waals surface area contributed by atoms with Gasteiger partial charge in [0.2, 0.25) is 5.91 Å². The van der Waals surface area contributed by atoms with E-state index < -0.39 is 5.97 Å². The zero-order valence-electron chi connectivity index (χ0n) is 12.9. The summed E-state index contributed by atoms with van der Waals surface area (Å²) < 4.78 is 4.60. The molecule has 3 amide bonds. The highest BCUT2D eigenvalue weighted by atomic mass is 35.5. The van der Waals surface area contributed by atoms with Crippen LogP contribution in [-0.4, -0.2) is 49.6 Å². The van der Waals surface area contributed by atoms with Crippen molar-refractivity contribution < 1.29 is 19.1 Å².